The Labute approximate surface area is 342 Å². The second-order valence-electron chi connectivity index (χ2n) is 14.3. The summed E-state index contributed by atoms with van der Waals surface area (Å²) in [5.41, 5.74) is 0.654. The Kier molecular flexibility index (Phi) is 21.5. The first-order valence-electron chi connectivity index (χ1n) is 19.6. The van der Waals surface area contributed by atoms with Gasteiger partial charge in [0.1, 0.15) is 30.2 Å². The lowest BCUT2D eigenvalue weighted by atomic mass is 9.97. The molecule has 1 aromatic rings. The molecule has 328 valence electrons. The van der Waals surface area contributed by atoms with E-state index in [0.29, 0.717) is 31.4 Å². The summed E-state index contributed by atoms with van der Waals surface area (Å²) in [7, 11) is 0. The molecule has 21 heteroatoms. The number of aliphatic carboxylic acids is 1. The fourth-order valence-corrected chi connectivity index (χ4v) is 5.82. The number of carbonyl (C=O) groups excluding carboxylic acids is 8. The minimum atomic E-state index is -1.62. The second kappa shape index (κ2) is 25.6. The highest BCUT2D eigenvalue weighted by Gasteiger charge is 2.34. The Hall–Kier alpha value is -5.67. The van der Waals surface area contributed by atoms with Crippen LogP contribution in [0.2, 0.25) is 0 Å². The predicted molar refractivity (Wildman–Crippen MR) is 211 cm³/mol. The van der Waals surface area contributed by atoms with Crippen molar-refractivity contribution in [3.8, 4) is 0 Å². The zero-order valence-corrected chi connectivity index (χ0v) is 33.8. The van der Waals surface area contributed by atoms with Crippen LogP contribution in [-0.4, -0.2) is 144 Å². The summed E-state index contributed by atoms with van der Waals surface area (Å²) in [6, 6.07) is 1.52. The number of amides is 8. The number of benzene rings is 1. The van der Waals surface area contributed by atoms with Crippen molar-refractivity contribution in [3.63, 3.8) is 0 Å². The number of rotatable bonds is 25. The number of carboxylic acid groups (broad SMARTS) is 1. The molecule has 0 bridgehead atoms. The maximum Gasteiger partial charge on any atom is 0.326 e. The van der Waals surface area contributed by atoms with E-state index >= 15 is 0 Å². The van der Waals surface area contributed by atoms with Crippen LogP contribution in [0.25, 0.3) is 0 Å². The van der Waals surface area contributed by atoms with E-state index in [2.05, 4.69) is 47.9 Å². The van der Waals surface area contributed by atoms with E-state index in [9.17, 15) is 58.5 Å². The van der Waals surface area contributed by atoms with Crippen molar-refractivity contribution in [2.45, 2.75) is 96.1 Å². The van der Waals surface area contributed by atoms with Gasteiger partial charge in [0, 0.05) is 6.42 Å². The Balaban J connectivity index is 1.92. The number of aliphatic hydroxyl groups is 2. The second-order valence-corrected chi connectivity index (χ2v) is 14.3. The van der Waals surface area contributed by atoms with Crippen LogP contribution in [0.3, 0.4) is 0 Å². The van der Waals surface area contributed by atoms with Gasteiger partial charge in [-0.2, -0.15) is 0 Å². The first kappa shape index (κ1) is 49.5. The summed E-state index contributed by atoms with van der Waals surface area (Å²) >= 11 is 0. The van der Waals surface area contributed by atoms with Crippen molar-refractivity contribution in [3.05, 3.63) is 35.9 Å². The first-order chi connectivity index (χ1) is 28.0. The largest absolute Gasteiger partial charge is 0.480 e. The molecule has 0 spiro atoms. The van der Waals surface area contributed by atoms with E-state index in [1.165, 1.54) is 0 Å². The lowest BCUT2D eigenvalue weighted by molar-refractivity contribution is -0.143. The first-order valence-corrected chi connectivity index (χ1v) is 19.6. The maximum atomic E-state index is 13.2. The average Bonchev–Trinajstić information content (AvgIpc) is 3.78. The van der Waals surface area contributed by atoms with Gasteiger partial charge in [0.15, 0.2) is 0 Å². The van der Waals surface area contributed by atoms with Crippen molar-refractivity contribution in [1.82, 2.24) is 47.9 Å². The Morgan fingerprint density at radius 2 is 1.17 bits per heavy atom. The van der Waals surface area contributed by atoms with Gasteiger partial charge in [-0.25, -0.2) is 4.79 Å². The molecule has 12 N–H and O–H groups in total. The van der Waals surface area contributed by atoms with Crippen molar-refractivity contribution in [2.24, 2.45) is 11.8 Å². The predicted octanol–water partition coefficient (Wildman–Crippen LogP) is -4.08. The highest BCUT2D eigenvalue weighted by atomic mass is 16.4. The summed E-state index contributed by atoms with van der Waals surface area (Å²) < 4.78 is 0. The molecule has 0 unspecified atom stereocenters. The molecule has 1 aliphatic heterocycles. The van der Waals surface area contributed by atoms with Crippen molar-refractivity contribution in [2.75, 3.05) is 39.4 Å². The van der Waals surface area contributed by atoms with Gasteiger partial charge < -0.3 is 63.2 Å². The molecule has 21 nitrogen and oxygen atoms in total. The normalized spacial score (nSPS) is 16.9. The Bertz CT molecular complexity index is 1610. The van der Waals surface area contributed by atoms with E-state index in [1.807, 2.05) is 6.92 Å². The van der Waals surface area contributed by atoms with Crippen LogP contribution in [0, 0.1) is 11.8 Å². The zero-order chi connectivity index (χ0) is 44.1. The highest BCUT2D eigenvalue weighted by Crippen LogP contribution is 2.12. The summed E-state index contributed by atoms with van der Waals surface area (Å²) in [5.74, 6) is -8.29. The summed E-state index contributed by atoms with van der Waals surface area (Å²) in [4.78, 5) is 114. The minimum absolute atomic E-state index is 0.00309. The van der Waals surface area contributed by atoms with Crippen LogP contribution >= 0.6 is 0 Å². The van der Waals surface area contributed by atoms with Gasteiger partial charge in [0.2, 0.25) is 47.3 Å². The third kappa shape index (κ3) is 17.0. The molecule has 2 rings (SSSR count). The van der Waals surface area contributed by atoms with Crippen molar-refractivity contribution in [1.29, 1.82) is 0 Å². The average molecular weight is 834 g/mol. The van der Waals surface area contributed by atoms with E-state index in [1.54, 1.807) is 51.1 Å². The third-order valence-electron chi connectivity index (χ3n) is 9.82. The molecule has 8 atom stereocenters. The fourth-order valence-electron chi connectivity index (χ4n) is 5.82. The summed E-state index contributed by atoms with van der Waals surface area (Å²) in [6.45, 7) is 3.89. The van der Waals surface area contributed by atoms with Gasteiger partial charge in [-0.3, -0.25) is 38.4 Å². The highest BCUT2D eigenvalue weighted by molar-refractivity contribution is 5.96. The van der Waals surface area contributed by atoms with Crippen LogP contribution < -0.4 is 47.9 Å². The van der Waals surface area contributed by atoms with E-state index < -0.39 is 116 Å². The van der Waals surface area contributed by atoms with Crippen LogP contribution in [0.15, 0.2) is 30.3 Å². The number of carboxylic acids is 1. The van der Waals surface area contributed by atoms with Gasteiger partial charge >= 0.3 is 5.97 Å². The zero-order valence-electron chi connectivity index (χ0n) is 33.8. The quantitative estimate of drug-likeness (QED) is 0.0447. The fraction of sp³-hybridized carbons (Fsp3) is 0.605. The molecule has 1 heterocycles. The molecular formula is C38H59N9O12. The maximum absolute atomic E-state index is 13.2. The van der Waals surface area contributed by atoms with E-state index in [0.717, 1.165) is 6.42 Å². The molecule has 1 aliphatic rings. The van der Waals surface area contributed by atoms with Crippen LogP contribution in [-0.2, 0) is 49.6 Å². The van der Waals surface area contributed by atoms with E-state index in [4.69, 9.17) is 0 Å². The topological polar surface area (TPSA) is 323 Å². The molecule has 0 aromatic heterocycles. The molecule has 0 saturated carbocycles. The molecule has 0 aliphatic carbocycles. The van der Waals surface area contributed by atoms with Crippen molar-refractivity contribution < 1.29 is 58.5 Å². The monoisotopic (exact) mass is 833 g/mol. The standard InChI is InChI=1S/C38H59N9O12/c1-5-21(3)31(47-35(55)24-13-10-14-39-24)37(57)45-27(20-49)36(56)44-26(19-48)34(54)41-16-28(50)40-17-29(51)43-25(15-23-11-8-7-9-12-23)33(53)42-18-30(52)46-32(38(58)59)22(4)6-2/h7-9,11-12,21-22,24-27,31-32,39,48-49H,5-6,10,13-20H2,1-4H3,(H,40,50)(H,41,54)(H,42,53)(H,43,51)(H,44,56)(H,45,57)(H,46,52)(H,47,55)(H,58,59)/t21-,22-,24-,25-,26-,27-,31-,32-/m0/s1. The van der Waals surface area contributed by atoms with Crippen molar-refractivity contribution >= 4 is 53.2 Å². The molecule has 59 heavy (non-hydrogen) atoms. The SMILES string of the molecule is CC[C@H](C)[C@H](NC(=O)CNC(=O)[C@H](Cc1ccccc1)NC(=O)CNC(=O)CNC(=O)[C@H](CO)NC(=O)[C@H](CO)NC(=O)[C@@H](NC(=O)[C@@H]1CCCN1)[C@@H](C)CC)C(=O)O. The van der Waals surface area contributed by atoms with Gasteiger partial charge in [-0.05, 0) is 36.8 Å². The number of hydrogen-bond donors (Lipinski definition) is 12. The van der Waals surface area contributed by atoms with Gasteiger partial charge in [0.05, 0.1) is 38.9 Å². The lowest BCUT2D eigenvalue weighted by Crippen LogP contribution is -2.60. The van der Waals surface area contributed by atoms with E-state index in [-0.39, 0.29) is 24.2 Å². The molecule has 1 saturated heterocycles. The minimum Gasteiger partial charge on any atom is -0.480 e. The van der Waals surface area contributed by atoms with Crippen LogP contribution in [0.4, 0.5) is 0 Å². The van der Waals surface area contributed by atoms with Crippen LogP contribution in [0.5, 0.6) is 0 Å². The number of carbonyl (C=O) groups is 9. The Morgan fingerprint density at radius 3 is 1.73 bits per heavy atom. The molecular weight excluding hydrogens is 774 g/mol. The summed E-state index contributed by atoms with van der Waals surface area (Å²) in [5, 5.41) is 51.1. The summed E-state index contributed by atoms with van der Waals surface area (Å²) in [6.07, 6.45) is 2.38. The third-order valence-corrected chi connectivity index (χ3v) is 9.82. The molecule has 0 radical (unpaired) electrons. The molecule has 8 amide bonds. The van der Waals surface area contributed by atoms with Gasteiger partial charge in [-0.1, -0.05) is 70.9 Å². The number of hydrogen-bond acceptors (Lipinski definition) is 12. The van der Waals surface area contributed by atoms with Crippen LogP contribution in [0.1, 0.15) is 58.9 Å². The lowest BCUT2D eigenvalue weighted by Gasteiger charge is -2.27. The molecule has 1 fully saturated rings. The Morgan fingerprint density at radius 1 is 0.644 bits per heavy atom. The number of aliphatic hydroxyl groups excluding tert-OH is 2. The number of nitrogens with one attached hydrogen (secondary N) is 9. The van der Waals surface area contributed by atoms with Gasteiger partial charge in [-0.15, -0.1) is 0 Å². The molecule has 1 aromatic carbocycles. The smallest absolute Gasteiger partial charge is 0.326 e. The van der Waals surface area contributed by atoms with Gasteiger partial charge in [0.25, 0.3) is 0 Å².